The maximum Gasteiger partial charge on any atom is 0.275 e. The molecule has 3 atom stereocenters. The van der Waals surface area contributed by atoms with Crippen LogP contribution in [0.2, 0.25) is 15.1 Å². The Morgan fingerprint density at radius 1 is 0.909 bits per heavy atom. The summed E-state index contributed by atoms with van der Waals surface area (Å²) in [5.74, 6) is -3.06. The molecule has 2 aromatic rings. The van der Waals surface area contributed by atoms with Crippen LogP contribution in [0.3, 0.4) is 0 Å². The van der Waals surface area contributed by atoms with Crippen molar-refractivity contribution in [3.05, 3.63) is 68.7 Å². The smallest absolute Gasteiger partial charge is 0.275 e. The fourth-order valence-corrected chi connectivity index (χ4v) is 5.17. The Morgan fingerprint density at radius 2 is 1.45 bits per heavy atom. The van der Waals surface area contributed by atoms with Gasteiger partial charge in [0.05, 0.1) is 22.4 Å². The maximum atomic E-state index is 13.7. The van der Waals surface area contributed by atoms with Gasteiger partial charge in [0.15, 0.2) is 5.78 Å². The van der Waals surface area contributed by atoms with Crippen LogP contribution >= 0.6 is 34.8 Å². The Balaban J connectivity index is 1.77. The molecular weight excluding hydrogens is 487 g/mol. The molecule has 2 aromatic carbocycles. The molecule has 1 heterocycles. The highest BCUT2D eigenvalue weighted by molar-refractivity contribution is 6.37. The quantitative estimate of drug-likeness (QED) is 0.398. The number of fused-ring (bicyclic) bond motifs is 1. The Labute approximate surface area is 206 Å². The van der Waals surface area contributed by atoms with Crippen molar-refractivity contribution >= 4 is 58.3 Å². The largest absolute Gasteiger partial charge is 0.292 e. The number of nitrogens with zero attached hydrogens (tertiary/aromatic N) is 2. The van der Waals surface area contributed by atoms with Crippen molar-refractivity contribution in [2.75, 3.05) is 0 Å². The van der Waals surface area contributed by atoms with E-state index in [2.05, 4.69) is 0 Å². The van der Waals surface area contributed by atoms with Gasteiger partial charge in [-0.15, -0.1) is 0 Å². The number of ketones is 1. The molecule has 0 radical (unpaired) electrons. The number of rotatable bonds is 5. The Morgan fingerprint density at radius 3 is 2.00 bits per heavy atom. The minimum absolute atomic E-state index is 0.0345. The number of carbonyl (C=O) groups excluding carboxylic acids is 4. The van der Waals surface area contributed by atoms with Crippen molar-refractivity contribution in [1.29, 1.82) is 0 Å². The van der Waals surface area contributed by atoms with Gasteiger partial charge in [0, 0.05) is 15.6 Å². The van der Waals surface area contributed by atoms with Gasteiger partial charge in [0.25, 0.3) is 17.7 Å². The zero-order valence-electron chi connectivity index (χ0n) is 17.8. The molecule has 1 aliphatic carbocycles. The first-order chi connectivity index (χ1) is 15.7. The van der Waals surface area contributed by atoms with Crippen molar-refractivity contribution in [3.8, 4) is 0 Å². The van der Waals surface area contributed by atoms with E-state index in [0.29, 0.717) is 28.5 Å². The fraction of sp³-hybridized carbons (Fsp3) is 0.333. The molecule has 2 fully saturated rings. The third-order valence-corrected chi connectivity index (χ3v) is 7.08. The van der Waals surface area contributed by atoms with Gasteiger partial charge in [-0.25, -0.2) is 5.01 Å². The zero-order valence-corrected chi connectivity index (χ0v) is 20.0. The number of Topliss-reactive ketones (excluding diaryl/α,β-unsaturated/α-hetero) is 1. The molecule has 1 saturated carbocycles. The number of carbonyl (C=O) groups is 4. The van der Waals surface area contributed by atoms with Gasteiger partial charge in [0.1, 0.15) is 6.04 Å². The van der Waals surface area contributed by atoms with Crippen molar-refractivity contribution in [1.82, 2.24) is 10.0 Å². The molecular formula is C24H21Cl3N2O4. The summed E-state index contributed by atoms with van der Waals surface area (Å²) in [4.78, 5) is 53.6. The number of imide groups is 1. The highest BCUT2D eigenvalue weighted by Crippen LogP contribution is 2.40. The first kappa shape index (κ1) is 23.7. The monoisotopic (exact) mass is 506 g/mol. The molecule has 0 unspecified atom stereocenters. The van der Waals surface area contributed by atoms with Gasteiger partial charge in [0.2, 0.25) is 0 Å². The molecule has 0 N–H and O–H groups in total. The molecule has 4 rings (SSSR count). The van der Waals surface area contributed by atoms with Crippen molar-refractivity contribution in [2.24, 2.45) is 11.8 Å². The minimum Gasteiger partial charge on any atom is -0.292 e. The van der Waals surface area contributed by atoms with Gasteiger partial charge >= 0.3 is 0 Å². The molecule has 0 aromatic heterocycles. The molecule has 6 nitrogen and oxygen atoms in total. The van der Waals surface area contributed by atoms with Gasteiger partial charge in [-0.2, -0.15) is 5.01 Å². The summed E-state index contributed by atoms with van der Waals surface area (Å²) in [7, 11) is 0. The van der Waals surface area contributed by atoms with Crippen LogP contribution in [-0.2, 0) is 9.59 Å². The lowest BCUT2D eigenvalue weighted by Crippen LogP contribution is -2.56. The van der Waals surface area contributed by atoms with Gasteiger partial charge in [-0.3, -0.25) is 19.2 Å². The summed E-state index contributed by atoms with van der Waals surface area (Å²) in [6.07, 6.45) is 2.83. The molecule has 1 saturated heterocycles. The third kappa shape index (κ3) is 4.39. The Kier molecular flexibility index (Phi) is 6.80. The lowest BCUT2D eigenvalue weighted by molar-refractivity contribution is -0.156. The standard InChI is InChI=1S/C24H21Cl3N2O4/c1-13(21(30)14-6-8-15(25)9-7-14)28(24(33)19-11-10-16(26)12-20(19)27)29-22(31)17-4-2-3-5-18(17)23(29)32/h6-13,17-18H,2-5H2,1H3/t13-,17-,18+/m1/s1. The van der Waals surface area contributed by atoms with E-state index in [9.17, 15) is 19.2 Å². The normalized spacial score (nSPS) is 21.0. The lowest BCUT2D eigenvalue weighted by atomic mass is 9.81. The first-order valence-corrected chi connectivity index (χ1v) is 11.8. The van der Waals surface area contributed by atoms with E-state index in [0.717, 1.165) is 22.9 Å². The van der Waals surface area contributed by atoms with E-state index in [4.69, 9.17) is 34.8 Å². The Hall–Kier alpha value is -2.41. The van der Waals surface area contributed by atoms with E-state index >= 15 is 0 Å². The highest BCUT2D eigenvalue weighted by atomic mass is 35.5. The van der Waals surface area contributed by atoms with Crippen LogP contribution in [0.5, 0.6) is 0 Å². The second-order valence-corrected chi connectivity index (χ2v) is 9.59. The molecule has 2 aliphatic rings. The van der Waals surface area contributed by atoms with E-state index in [1.165, 1.54) is 37.3 Å². The topological polar surface area (TPSA) is 74.8 Å². The summed E-state index contributed by atoms with van der Waals surface area (Å²) >= 11 is 18.2. The maximum absolute atomic E-state index is 13.7. The van der Waals surface area contributed by atoms with Crippen LogP contribution in [0.15, 0.2) is 42.5 Å². The van der Waals surface area contributed by atoms with Crippen LogP contribution < -0.4 is 0 Å². The second kappa shape index (κ2) is 9.45. The number of amides is 3. The predicted molar refractivity (Wildman–Crippen MR) is 125 cm³/mol. The van der Waals surface area contributed by atoms with Crippen molar-refractivity contribution in [2.45, 2.75) is 38.6 Å². The van der Waals surface area contributed by atoms with Crippen molar-refractivity contribution < 1.29 is 19.2 Å². The number of hydrogen-bond acceptors (Lipinski definition) is 4. The van der Waals surface area contributed by atoms with Crippen LogP contribution in [-0.4, -0.2) is 39.6 Å². The molecule has 9 heteroatoms. The molecule has 0 bridgehead atoms. The average Bonchev–Trinajstić information content (AvgIpc) is 3.04. The van der Waals surface area contributed by atoms with Crippen LogP contribution in [0.4, 0.5) is 0 Å². The third-order valence-electron chi connectivity index (χ3n) is 6.28. The summed E-state index contributed by atoms with van der Waals surface area (Å²) in [5.41, 5.74) is 0.329. The predicted octanol–water partition coefficient (Wildman–Crippen LogP) is 5.45. The minimum atomic E-state index is -1.15. The van der Waals surface area contributed by atoms with Gasteiger partial charge < -0.3 is 0 Å². The lowest BCUT2D eigenvalue weighted by Gasteiger charge is -2.35. The summed E-state index contributed by atoms with van der Waals surface area (Å²) in [6, 6.07) is 9.33. The Bertz CT molecular complexity index is 1110. The zero-order chi connectivity index (χ0) is 23.9. The number of halogens is 3. The number of hydrogen-bond donors (Lipinski definition) is 0. The fourth-order valence-electron chi connectivity index (χ4n) is 4.55. The van der Waals surface area contributed by atoms with Gasteiger partial charge in [-0.1, -0.05) is 47.6 Å². The molecule has 0 spiro atoms. The number of benzene rings is 2. The first-order valence-electron chi connectivity index (χ1n) is 10.7. The summed E-state index contributed by atoms with van der Waals surface area (Å²) in [6.45, 7) is 1.49. The van der Waals surface area contributed by atoms with Crippen LogP contribution in [0.1, 0.15) is 53.3 Å². The molecule has 3 amide bonds. The molecule has 33 heavy (non-hydrogen) atoms. The number of hydrazine groups is 1. The highest BCUT2D eigenvalue weighted by Gasteiger charge is 2.53. The second-order valence-electron chi connectivity index (χ2n) is 8.31. The SMILES string of the molecule is C[C@H](C(=O)c1ccc(Cl)cc1)N(C(=O)c1ccc(Cl)cc1Cl)N1C(=O)[C@H]2CCCC[C@H]2C1=O. The van der Waals surface area contributed by atoms with Crippen molar-refractivity contribution in [3.63, 3.8) is 0 Å². The average molecular weight is 508 g/mol. The molecule has 172 valence electrons. The van der Waals surface area contributed by atoms with Crippen LogP contribution in [0.25, 0.3) is 0 Å². The van der Waals surface area contributed by atoms with E-state index in [1.54, 1.807) is 12.1 Å². The van der Waals surface area contributed by atoms with E-state index < -0.39 is 41.4 Å². The summed E-state index contributed by atoms with van der Waals surface area (Å²) in [5, 5.41) is 2.66. The van der Waals surface area contributed by atoms with Crippen LogP contribution in [0, 0.1) is 11.8 Å². The van der Waals surface area contributed by atoms with E-state index in [1.807, 2.05) is 0 Å². The van der Waals surface area contributed by atoms with E-state index in [-0.39, 0.29) is 10.6 Å². The summed E-state index contributed by atoms with van der Waals surface area (Å²) < 4.78 is 0. The van der Waals surface area contributed by atoms with Gasteiger partial charge in [-0.05, 0) is 62.2 Å². The molecule has 1 aliphatic heterocycles.